The SMILES string of the molecule is CCN(Cc1nc2ccccc2c(=O)[nH]1)C(C)C(=O)Nc1ccccc1OC(F)F. The van der Waals surface area contributed by atoms with Crippen molar-refractivity contribution >= 4 is 22.5 Å². The molecular formula is C21H22F2N4O3. The van der Waals surface area contributed by atoms with Gasteiger partial charge in [0.1, 0.15) is 11.6 Å². The molecule has 0 saturated heterocycles. The molecule has 1 amide bonds. The van der Waals surface area contributed by atoms with E-state index in [2.05, 4.69) is 20.0 Å². The van der Waals surface area contributed by atoms with Gasteiger partial charge in [-0.15, -0.1) is 0 Å². The fourth-order valence-corrected chi connectivity index (χ4v) is 3.10. The van der Waals surface area contributed by atoms with Crippen LogP contribution in [0.3, 0.4) is 0 Å². The fourth-order valence-electron chi connectivity index (χ4n) is 3.10. The van der Waals surface area contributed by atoms with Crippen molar-refractivity contribution in [2.75, 3.05) is 11.9 Å². The Bertz CT molecular complexity index is 1090. The summed E-state index contributed by atoms with van der Waals surface area (Å²) in [5.41, 5.74) is 0.479. The third kappa shape index (κ3) is 4.98. The van der Waals surface area contributed by atoms with E-state index in [4.69, 9.17) is 0 Å². The molecule has 2 aromatic carbocycles. The van der Waals surface area contributed by atoms with Crippen LogP contribution in [0.4, 0.5) is 14.5 Å². The Morgan fingerprint density at radius 3 is 2.63 bits per heavy atom. The molecule has 30 heavy (non-hydrogen) atoms. The molecule has 1 atom stereocenters. The number of rotatable bonds is 8. The van der Waals surface area contributed by atoms with Crippen LogP contribution in [-0.2, 0) is 11.3 Å². The molecule has 1 aromatic heterocycles. The van der Waals surface area contributed by atoms with E-state index in [1.165, 1.54) is 18.2 Å². The summed E-state index contributed by atoms with van der Waals surface area (Å²) in [4.78, 5) is 34.0. The van der Waals surface area contributed by atoms with E-state index in [9.17, 15) is 18.4 Å². The molecule has 0 saturated carbocycles. The molecule has 2 N–H and O–H groups in total. The van der Waals surface area contributed by atoms with Gasteiger partial charge in [0.15, 0.2) is 0 Å². The minimum Gasteiger partial charge on any atom is -0.433 e. The number of hydrogen-bond acceptors (Lipinski definition) is 5. The minimum absolute atomic E-state index is 0.114. The molecule has 0 bridgehead atoms. The molecule has 3 aromatic rings. The van der Waals surface area contributed by atoms with Crippen molar-refractivity contribution in [1.82, 2.24) is 14.9 Å². The number of nitrogens with one attached hydrogen (secondary N) is 2. The van der Waals surface area contributed by atoms with Gasteiger partial charge in [-0.25, -0.2) is 4.98 Å². The maximum Gasteiger partial charge on any atom is 0.387 e. The lowest BCUT2D eigenvalue weighted by atomic mass is 10.2. The molecule has 3 rings (SSSR count). The first-order chi connectivity index (χ1) is 14.4. The number of aromatic nitrogens is 2. The van der Waals surface area contributed by atoms with Crippen LogP contribution >= 0.6 is 0 Å². The molecular weight excluding hydrogens is 394 g/mol. The summed E-state index contributed by atoms with van der Waals surface area (Å²) in [7, 11) is 0. The summed E-state index contributed by atoms with van der Waals surface area (Å²) >= 11 is 0. The Kier molecular flexibility index (Phi) is 6.73. The van der Waals surface area contributed by atoms with Crippen LogP contribution in [0.5, 0.6) is 5.75 Å². The second-order valence-corrected chi connectivity index (χ2v) is 6.63. The van der Waals surface area contributed by atoms with Crippen molar-refractivity contribution in [3.63, 3.8) is 0 Å². The van der Waals surface area contributed by atoms with Gasteiger partial charge in [0.05, 0.1) is 29.2 Å². The molecule has 0 aliphatic carbocycles. The van der Waals surface area contributed by atoms with E-state index in [-0.39, 0.29) is 23.5 Å². The molecule has 1 unspecified atom stereocenters. The first-order valence-corrected chi connectivity index (χ1v) is 9.45. The van der Waals surface area contributed by atoms with Crippen LogP contribution in [0.25, 0.3) is 10.9 Å². The molecule has 0 aliphatic rings. The van der Waals surface area contributed by atoms with Crippen molar-refractivity contribution in [3.05, 3.63) is 64.7 Å². The van der Waals surface area contributed by atoms with Gasteiger partial charge in [-0.1, -0.05) is 31.2 Å². The molecule has 9 heteroatoms. The first-order valence-electron chi connectivity index (χ1n) is 9.45. The van der Waals surface area contributed by atoms with Crippen LogP contribution in [0.1, 0.15) is 19.7 Å². The van der Waals surface area contributed by atoms with E-state index in [0.717, 1.165) is 0 Å². The van der Waals surface area contributed by atoms with E-state index >= 15 is 0 Å². The predicted octanol–water partition coefficient (Wildman–Crippen LogP) is 3.37. The number of aromatic amines is 1. The van der Waals surface area contributed by atoms with E-state index < -0.39 is 18.6 Å². The second kappa shape index (κ2) is 9.45. The average Bonchev–Trinajstić information content (AvgIpc) is 2.72. The van der Waals surface area contributed by atoms with Gasteiger partial charge in [0.25, 0.3) is 5.56 Å². The largest absolute Gasteiger partial charge is 0.433 e. The zero-order valence-electron chi connectivity index (χ0n) is 16.6. The van der Waals surface area contributed by atoms with Gasteiger partial charge < -0.3 is 15.0 Å². The highest BCUT2D eigenvalue weighted by Gasteiger charge is 2.22. The maximum absolute atomic E-state index is 12.7. The molecule has 1 heterocycles. The van der Waals surface area contributed by atoms with Crippen LogP contribution in [-0.4, -0.2) is 40.0 Å². The summed E-state index contributed by atoms with van der Waals surface area (Å²) in [6.07, 6.45) is 0. The Labute approximate surface area is 171 Å². The molecule has 7 nitrogen and oxygen atoms in total. The highest BCUT2D eigenvalue weighted by atomic mass is 19.3. The Balaban J connectivity index is 1.76. The summed E-state index contributed by atoms with van der Waals surface area (Å²) < 4.78 is 29.6. The van der Waals surface area contributed by atoms with E-state index in [1.807, 2.05) is 6.92 Å². The number of halogens is 2. The number of nitrogens with zero attached hydrogens (tertiary/aromatic N) is 2. The van der Waals surface area contributed by atoms with Gasteiger partial charge in [-0.05, 0) is 37.7 Å². The third-order valence-corrected chi connectivity index (χ3v) is 4.71. The number of benzene rings is 2. The fraction of sp³-hybridized carbons (Fsp3) is 0.286. The molecule has 0 fully saturated rings. The van der Waals surface area contributed by atoms with Crippen molar-refractivity contribution in [2.24, 2.45) is 0 Å². The van der Waals surface area contributed by atoms with Gasteiger partial charge in [-0.3, -0.25) is 14.5 Å². The lowest BCUT2D eigenvalue weighted by Gasteiger charge is -2.26. The van der Waals surface area contributed by atoms with Gasteiger partial charge in [-0.2, -0.15) is 8.78 Å². The topological polar surface area (TPSA) is 87.3 Å². The number of anilines is 1. The third-order valence-electron chi connectivity index (χ3n) is 4.71. The Hall–Kier alpha value is -3.33. The van der Waals surface area contributed by atoms with Crippen molar-refractivity contribution in [2.45, 2.75) is 33.0 Å². The number of carbonyl (C=O) groups excluding carboxylic acids is 1. The smallest absolute Gasteiger partial charge is 0.387 e. The number of hydrogen-bond donors (Lipinski definition) is 2. The summed E-state index contributed by atoms with van der Waals surface area (Å²) in [6.45, 7) is 1.30. The van der Waals surface area contributed by atoms with Crippen LogP contribution in [0, 0.1) is 0 Å². The van der Waals surface area contributed by atoms with E-state index in [1.54, 1.807) is 42.2 Å². The number of amides is 1. The summed E-state index contributed by atoms with van der Waals surface area (Å²) in [5.74, 6) is -0.0800. The molecule has 158 valence electrons. The standard InChI is InChI=1S/C21H22F2N4O3/c1-3-27(12-18-24-15-9-5-4-8-14(15)20(29)26-18)13(2)19(28)25-16-10-6-7-11-17(16)30-21(22)23/h4-11,13,21H,3,12H2,1-2H3,(H,25,28)(H,24,26,29). The quantitative estimate of drug-likeness (QED) is 0.588. The van der Waals surface area contributed by atoms with Crippen LogP contribution in [0.2, 0.25) is 0 Å². The number of alkyl halides is 2. The minimum atomic E-state index is -3.00. The highest BCUT2D eigenvalue weighted by Crippen LogP contribution is 2.26. The van der Waals surface area contributed by atoms with Crippen molar-refractivity contribution in [1.29, 1.82) is 0 Å². The lowest BCUT2D eigenvalue weighted by Crippen LogP contribution is -2.42. The van der Waals surface area contributed by atoms with Gasteiger partial charge >= 0.3 is 6.61 Å². The summed E-state index contributed by atoms with van der Waals surface area (Å²) in [5, 5.41) is 3.12. The van der Waals surface area contributed by atoms with Gasteiger partial charge in [0.2, 0.25) is 5.91 Å². The van der Waals surface area contributed by atoms with Crippen LogP contribution in [0.15, 0.2) is 53.3 Å². The van der Waals surface area contributed by atoms with Crippen LogP contribution < -0.4 is 15.6 Å². The molecule has 0 spiro atoms. The van der Waals surface area contributed by atoms with Crippen molar-refractivity contribution in [3.8, 4) is 5.75 Å². The molecule has 0 aliphatic heterocycles. The number of fused-ring (bicyclic) bond motifs is 1. The number of ether oxygens (including phenoxy) is 1. The second-order valence-electron chi connectivity index (χ2n) is 6.63. The predicted molar refractivity (Wildman–Crippen MR) is 110 cm³/mol. The average molecular weight is 416 g/mol. The normalized spacial score (nSPS) is 12.3. The zero-order chi connectivity index (χ0) is 21.7. The Morgan fingerprint density at radius 1 is 1.20 bits per heavy atom. The maximum atomic E-state index is 12.7. The monoisotopic (exact) mass is 416 g/mol. The Morgan fingerprint density at radius 2 is 1.90 bits per heavy atom. The lowest BCUT2D eigenvalue weighted by molar-refractivity contribution is -0.121. The number of H-pyrrole nitrogens is 1. The molecule has 0 radical (unpaired) electrons. The number of likely N-dealkylation sites (N-methyl/N-ethyl adjacent to an activating group) is 1. The zero-order valence-corrected chi connectivity index (χ0v) is 16.6. The highest BCUT2D eigenvalue weighted by molar-refractivity contribution is 5.95. The summed E-state index contributed by atoms with van der Waals surface area (Å²) in [6, 6.07) is 12.4. The van der Waals surface area contributed by atoms with Gasteiger partial charge in [0, 0.05) is 0 Å². The number of para-hydroxylation sites is 3. The van der Waals surface area contributed by atoms with E-state index in [0.29, 0.717) is 23.3 Å². The van der Waals surface area contributed by atoms with Crippen molar-refractivity contribution < 1.29 is 18.3 Å². The number of carbonyl (C=O) groups is 1. The first kappa shape index (κ1) is 21.4.